The van der Waals surface area contributed by atoms with Crippen molar-refractivity contribution in [2.24, 2.45) is 0 Å². The van der Waals surface area contributed by atoms with Gasteiger partial charge in [-0.25, -0.2) is 8.42 Å². The molecule has 1 aromatic carbocycles. The Kier molecular flexibility index (Phi) is 5.35. The van der Waals surface area contributed by atoms with Gasteiger partial charge in [0.15, 0.2) is 0 Å². The molecule has 0 aliphatic carbocycles. The van der Waals surface area contributed by atoms with Crippen LogP contribution in [0.1, 0.15) is 25.3 Å². The van der Waals surface area contributed by atoms with Crippen LogP contribution in [0.3, 0.4) is 0 Å². The van der Waals surface area contributed by atoms with Crippen LogP contribution in [0.2, 0.25) is 0 Å². The molecule has 1 rings (SSSR count). The molecule has 0 spiro atoms. The Hall–Kier alpha value is -1.56. The van der Waals surface area contributed by atoms with Crippen LogP contribution >= 0.6 is 0 Å². The van der Waals surface area contributed by atoms with Crippen LogP contribution in [-0.4, -0.2) is 31.8 Å². The molecule has 5 nitrogen and oxygen atoms in total. The molecule has 0 saturated heterocycles. The molecule has 0 heterocycles. The Morgan fingerprint density at radius 2 is 1.84 bits per heavy atom. The van der Waals surface area contributed by atoms with Gasteiger partial charge in [-0.15, -0.1) is 0 Å². The number of hydrogen-bond donors (Lipinski definition) is 1. The fourth-order valence-electron chi connectivity index (χ4n) is 1.77. The number of rotatable bonds is 7. The average Bonchev–Trinajstić information content (AvgIpc) is 2.31. The minimum absolute atomic E-state index is 0.125. The van der Waals surface area contributed by atoms with Crippen LogP contribution in [0.25, 0.3) is 0 Å². The summed E-state index contributed by atoms with van der Waals surface area (Å²) in [7, 11) is -3.46. The Bertz CT molecular complexity index is 522. The molecule has 0 aromatic heterocycles. The quantitative estimate of drug-likeness (QED) is 0.831. The lowest BCUT2D eigenvalue weighted by atomic mass is 10.2. The number of carbonyl (C=O) groups is 1. The van der Waals surface area contributed by atoms with Crippen molar-refractivity contribution in [3.8, 4) is 0 Å². The van der Waals surface area contributed by atoms with Crippen molar-refractivity contribution >= 4 is 21.7 Å². The van der Waals surface area contributed by atoms with Gasteiger partial charge in [0.05, 0.1) is 11.4 Å². The molecule has 0 radical (unpaired) electrons. The number of carboxylic acids is 1. The van der Waals surface area contributed by atoms with E-state index in [1.807, 2.05) is 19.1 Å². The summed E-state index contributed by atoms with van der Waals surface area (Å²) in [5.41, 5.74) is 1.67. The van der Waals surface area contributed by atoms with Crippen molar-refractivity contribution in [3.05, 3.63) is 29.8 Å². The van der Waals surface area contributed by atoms with Gasteiger partial charge in [0, 0.05) is 13.0 Å². The van der Waals surface area contributed by atoms with E-state index in [4.69, 9.17) is 5.11 Å². The number of hydrogen-bond acceptors (Lipinski definition) is 3. The second-order valence-corrected chi connectivity index (χ2v) is 6.33. The minimum atomic E-state index is -3.46. The Morgan fingerprint density at radius 3 is 2.32 bits per heavy atom. The lowest BCUT2D eigenvalue weighted by molar-refractivity contribution is -0.137. The predicted molar refractivity (Wildman–Crippen MR) is 74.9 cm³/mol. The maximum Gasteiger partial charge on any atom is 0.303 e. The van der Waals surface area contributed by atoms with Crippen LogP contribution in [0.4, 0.5) is 5.69 Å². The van der Waals surface area contributed by atoms with Gasteiger partial charge in [-0.05, 0) is 32.4 Å². The summed E-state index contributed by atoms with van der Waals surface area (Å²) in [5, 5.41) is 8.55. The maximum absolute atomic E-state index is 12.2. The van der Waals surface area contributed by atoms with Crippen LogP contribution in [-0.2, 0) is 14.8 Å². The Balaban J connectivity index is 2.83. The zero-order valence-electron chi connectivity index (χ0n) is 11.2. The Labute approximate surface area is 113 Å². The first-order valence-electron chi connectivity index (χ1n) is 6.15. The summed E-state index contributed by atoms with van der Waals surface area (Å²) in [4.78, 5) is 10.4. The van der Waals surface area contributed by atoms with E-state index in [2.05, 4.69) is 0 Å². The van der Waals surface area contributed by atoms with Crippen LogP contribution in [0.15, 0.2) is 24.3 Å². The molecule has 0 unspecified atom stereocenters. The van der Waals surface area contributed by atoms with Crippen LogP contribution in [0, 0.1) is 6.92 Å². The zero-order chi connectivity index (χ0) is 14.5. The minimum Gasteiger partial charge on any atom is -0.481 e. The first-order chi connectivity index (χ1) is 8.86. The number of carboxylic acid groups (broad SMARTS) is 1. The van der Waals surface area contributed by atoms with E-state index in [-0.39, 0.29) is 18.6 Å². The van der Waals surface area contributed by atoms with E-state index < -0.39 is 16.0 Å². The molecular formula is C13H19NO4S. The third-order valence-corrected chi connectivity index (χ3v) is 4.68. The first-order valence-corrected chi connectivity index (χ1v) is 7.76. The molecule has 0 fully saturated rings. The highest BCUT2D eigenvalue weighted by molar-refractivity contribution is 7.92. The first kappa shape index (κ1) is 15.5. The molecule has 6 heteroatoms. The normalized spacial score (nSPS) is 11.3. The average molecular weight is 285 g/mol. The number of benzene rings is 1. The van der Waals surface area contributed by atoms with Crippen LogP contribution < -0.4 is 4.31 Å². The molecular weight excluding hydrogens is 266 g/mol. The third kappa shape index (κ3) is 4.55. The van der Waals surface area contributed by atoms with Crippen molar-refractivity contribution in [1.29, 1.82) is 0 Å². The summed E-state index contributed by atoms with van der Waals surface area (Å²) < 4.78 is 25.6. The molecule has 0 bridgehead atoms. The number of sulfonamides is 1. The van der Waals surface area contributed by atoms with Gasteiger partial charge in [-0.3, -0.25) is 9.10 Å². The molecule has 106 valence electrons. The van der Waals surface area contributed by atoms with Gasteiger partial charge in [-0.1, -0.05) is 17.7 Å². The van der Waals surface area contributed by atoms with E-state index in [1.54, 1.807) is 19.1 Å². The van der Waals surface area contributed by atoms with Crippen molar-refractivity contribution < 1.29 is 18.3 Å². The Morgan fingerprint density at radius 1 is 1.26 bits per heavy atom. The zero-order valence-corrected chi connectivity index (χ0v) is 12.0. The van der Waals surface area contributed by atoms with E-state index in [9.17, 15) is 13.2 Å². The van der Waals surface area contributed by atoms with Gasteiger partial charge < -0.3 is 5.11 Å². The summed E-state index contributed by atoms with van der Waals surface area (Å²) in [6, 6.07) is 7.22. The van der Waals surface area contributed by atoms with Gasteiger partial charge in [-0.2, -0.15) is 0 Å². The highest BCUT2D eigenvalue weighted by Gasteiger charge is 2.20. The van der Waals surface area contributed by atoms with Gasteiger partial charge in [0.2, 0.25) is 10.0 Å². The monoisotopic (exact) mass is 285 g/mol. The van der Waals surface area contributed by atoms with E-state index in [0.29, 0.717) is 12.2 Å². The smallest absolute Gasteiger partial charge is 0.303 e. The van der Waals surface area contributed by atoms with E-state index >= 15 is 0 Å². The second kappa shape index (κ2) is 6.56. The van der Waals surface area contributed by atoms with Gasteiger partial charge >= 0.3 is 5.97 Å². The lowest BCUT2D eigenvalue weighted by Crippen LogP contribution is -2.33. The maximum atomic E-state index is 12.2. The number of nitrogens with zero attached hydrogens (tertiary/aromatic N) is 1. The van der Waals surface area contributed by atoms with Crippen molar-refractivity contribution in [1.82, 2.24) is 0 Å². The molecule has 0 atom stereocenters. The third-order valence-electron chi connectivity index (χ3n) is 2.74. The highest BCUT2D eigenvalue weighted by Crippen LogP contribution is 2.19. The van der Waals surface area contributed by atoms with Gasteiger partial charge in [0.1, 0.15) is 0 Å². The highest BCUT2D eigenvalue weighted by atomic mass is 32.2. The molecule has 19 heavy (non-hydrogen) atoms. The summed E-state index contributed by atoms with van der Waals surface area (Å²) in [6.07, 6.45) is -0.00922. The summed E-state index contributed by atoms with van der Waals surface area (Å²) in [6.45, 7) is 4.02. The van der Waals surface area contributed by atoms with Gasteiger partial charge in [0.25, 0.3) is 0 Å². The van der Waals surface area contributed by atoms with Crippen LogP contribution in [0.5, 0.6) is 0 Å². The van der Waals surface area contributed by atoms with Crippen molar-refractivity contribution in [3.63, 3.8) is 0 Å². The van der Waals surface area contributed by atoms with E-state index in [1.165, 1.54) is 4.31 Å². The fraction of sp³-hybridized carbons (Fsp3) is 0.462. The molecule has 0 aliphatic heterocycles. The van der Waals surface area contributed by atoms with E-state index in [0.717, 1.165) is 5.56 Å². The SMILES string of the molecule is CCN(c1ccc(C)cc1)S(=O)(=O)CCCC(=O)O. The second-order valence-electron chi connectivity index (χ2n) is 4.31. The molecule has 1 N–H and O–H groups in total. The number of aryl methyl sites for hydroxylation is 1. The largest absolute Gasteiger partial charge is 0.481 e. The molecule has 0 amide bonds. The van der Waals surface area contributed by atoms with Crippen molar-refractivity contribution in [2.45, 2.75) is 26.7 Å². The topological polar surface area (TPSA) is 74.7 Å². The molecule has 0 saturated carbocycles. The predicted octanol–water partition coefficient (Wildman–Crippen LogP) is 2.02. The standard InChI is InChI=1S/C13H19NO4S/c1-3-14(12-8-6-11(2)7-9-12)19(17,18)10-4-5-13(15)16/h6-9H,3-5,10H2,1-2H3,(H,15,16). The lowest BCUT2D eigenvalue weighted by Gasteiger charge is -2.22. The summed E-state index contributed by atoms with van der Waals surface area (Å²) >= 11 is 0. The number of anilines is 1. The molecule has 1 aromatic rings. The van der Waals surface area contributed by atoms with Crippen molar-refractivity contribution in [2.75, 3.05) is 16.6 Å². The number of aliphatic carboxylic acids is 1. The fourth-order valence-corrected chi connectivity index (χ4v) is 3.33. The molecule has 0 aliphatic rings. The summed E-state index contributed by atoms with van der Waals surface area (Å²) in [5.74, 6) is -1.13.